The van der Waals surface area contributed by atoms with E-state index < -0.39 is 12.8 Å². The van der Waals surface area contributed by atoms with Gasteiger partial charge in [0.2, 0.25) is 0 Å². The number of alkyl halides is 3. The molecule has 19 heavy (non-hydrogen) atoms. The maximum absolute atomic E-state index is 11.8. The Kier molecular flexibility index (Phi) is 5.81. The number of aryl methyl sites for hydroxylation is 1. The quantitative estimate of drug-likeness (QED) is 0.778. The Labute approximate surface area is 110 Å². The van der Waals surface area contributed by atoms with Crippen LogP contribution >= 0.6 is 0 Å². The van der Waals surface area contributed by atoms with E-state index in [1.165, 1.54) is 0 Å². The van der Waals surface area contributed by atoms with Crippen LogP contribution in [0.5, 0.6) is 0 Å². The highest BCUT2D eigenvalue weighted by Crippen LogP contribution is 2.14. The van der Waals surface area contributed by atoms with Gasteiger partial charge in [-0.1, -0.05) is 0 Å². The van der Waals surface area contributed by atoms with Crippen LogP contribution in [-0.2, 0) is 4.74 Å². The second-order valence-corrected chi connectivity index (χ2v) is 4.65. The number of rotatable bonds is 7. The topological polar surface area (TPSA) is 39.1 Å². The molecule has 4 nitrogen and oxygen atoms in total. The first-order chi connectivity index (χ1) is 8.79. The van der Waals surface area contributed by atoms with Gasteiger partial charge in [0.25, 0.3) is 0 Å². The van der Waals surface area contributed by atoms with Crippen LogP contribution in [0.25, 0.3) is 0 Å². The summed E-state index contributed by atoms with van der Waals surface area (Å²) >= 11 is 0. The minimum atomic E-state index is -4.26. The summed E-state index contributed by atoms with van der Waals surface area (Å²) in [6.07, 6.45) is -0.551. The molecule has 1 N–H and O–H groups in total. The maximum Gasteiger partial charge on any atom is 0.411 e. The fourth-order valence-electron chi connectivity index (χ4n) is 1.60. The lowest BCUT2D eigenvalue weighted by atomic mass is 10.2. The highest BCUT2D eigenvalue weighted by Gasteiger charge is 2.27. The molecule has 2 atom stereocenters. The van der Waals surface area contributed by atoms with Gasteiger partial charge in [0.05, 0.1) is 18.8 Å². The lowest BCUT2D eigenvalue weighted by molar-refractivity contribution is -0.173. The molecule has 0 radical (unpaired) electrons. The Morgan fingerprint density at radius 3 is 2.63 bits per heavy atom. The molecule has 0 amide bonds. The van der Waals surface area contributed by atoms with Crippen molar-refractivity contribution in [3.63, 3.8) is 0 Å². The molecule has 1 heterocycles. The van der Waals surface area contributed by atoms with Crippen molar-refractivity contribution in [2.45, 2.75) is 39.0 Å². The molecule has 1 rings (SSSR count). The average Bonchev–Trinajstić information content (AvgIpc) is 2.72. The van der Waals surface area contributed by atoms with Crippen molar-refractivity contribution < 1.29 is 17.9 Å². The van der Waals surface area contributed by atoms with E-state index in [1.807, 2.05) is 31.6 Å². The Morgan fingerprint density at radius 1 is 1.42 bits per heavy atom. The van der Waals surface area contributed by atoms with Crippen molar-refractivity contribution in [3.05, 3.63) is 18.0 Å². The zero-order chi connectivity index (χ0) is 14.5. The molecular weight excluding hydrogens is 259 g/mol. The molecule has 0 aliphatic heterocycles. The molecule has 0 saturated carbocycles. The van der Waals surface area contributed by atoms with Crippen molar-refractivity contribution in [2.24, 2.45) is 0 Å². The van der Waals surface area contributed by atoms with Crippen LogP contribution in [0.1, 0.15) is 25.5 Å². The monoisotopic (exact) mass is 279 g/mol. The van der Waals surface area contributed by atoms with Gasteiger partial charge < -0.3 is 10.1 Å². The Morgan fingerprint density at radius 2 is 2.11 bits per heavy atom. The van der Waals surface area contributed by atoms with Gasteiger partial charge in [0, 0.05) is 18.8 Å². The summed E-state index contributed by atoms with van der Waals surface area (Å²) in [6, 6.07) is 0.213. The molecular formula is C12H20F3N3O. The smallest absolute Gasteiger partial charge is 0.371 e. The summed E-state index contributed by atoms with van der Waals surface area (Å²) in [4.78, 5) is 0. The molecule has 0 aliphatic carbocycles. The Hall–Kier alpha value is -1.08. The zero-order valence-electron chi connectivity index (χ0n) is 11.4. The third kappa shape index (κ3) is 6.07. The summed E-state index contributed by atoms with van der Waals surface area (Å²) in [7, 11) is 0. The van der Waals surface area contributed by atoms with Crippen LogP contribution in [0.4, 0.5) is 13.2 Å². The van der Waals surface area contributed by atoms with E-state index in [4.69, 9.17) is 0 Å². The lowest BCUT2D eigenvalue weighted by Gasteiger charge is -2.21. The molecule has 0 fully saturated rings. The molecule has 0 unspecified atom stereocenters. The molecule has 0 bridgehead atoms. The number of hydrogen-bond acceptors (Lipinski definition) is 3. The first-order valence-electron chi connectivity index (χ1n) is 6.18. The van der Waals surface area contributed by atoms with Gasteiger partial charge in [-0.15, -0.1) is 0 Å². The highest BCUT2D eigenvalue weighted by atomic mass is 19.4. The first-order valence-corrected chi connectivity index (χ1v) is 6.18. The SMILES string of the molecule is Cc1cnn([C@@H](C)[C@@H](C)NCCOCC(F)(F)F)c1. The molecule has 0 saturated heterocycles. The number of nitrogens with one attached hydrogen (secondary N) is 1. The van der Waals surface area contributed by atoms with Gasteiger partial charge in [-0.05, 0) is 26.3 Å². The third-order valence-corrected chi connectivity index (χ3v) is 2.85. The molecule has 0 aliphatic rings. The van der Waals surface area contributed by atoms with Gasteiger partial charge in [-0.25, -0.2) is 0 Å². The third-order valence-electron chi connectivity index (χ3n) is 2.85. The predicted molar refractivity (Wildman–Crippen MR) is 66.0 cm³/mol. The fourth-order valence-corrected chi connectivity index (χ4v) is 1.60. The zero-order valence-corrected chi connectivity index (χ0v) is 11.4. The number of ether oxygens (including phenoxy) is 1. The van der Waals surface area contributed by atoms with Crippen LogP contribution in [-0.4, -0.2) is 41.8 Å². The van der Waals surface area contributed by atoms with E-state index in [0.29, 0.717) is 6.54 Å². The van der Waals surface area contributed by atoms with Crippen LogP contribution in [0.2, 0.25) is 0 Å². The second kappa shape index (κ2) is 6.91. The molecule has 7 heteroatoms. The van der Waals surface area contributed by atoms with E-state index in [9.17, 15) is 13.2 Å². The summed E-state index contributed by atoms with van der Waals surface area (Å²) in [5.74, 6) is 0. The second-order valence-electron chi connectivity index (χ2n) is 4.65. The van der Waals surface area contributed by atoms with Gasteiger partial charge >= 0.3 is 6.18 Å². The summed E-state index contributed by atoms with van der Waals surface area (Å²) in [5.41, 5.74) is 1.08. The van der Waals surface area contributed by atoms with E-state index in [2.05, 4.69) is 15.2 Å². The maximum atomic E-state index is 11.8. The van der Waals surface area contributed by atoms with Gasteiger partial charge in [-0.3, -0.25) is 4.68 Å². The number of hydrogen-bond donors (Lipinski definition) is 1. The van der Waals surface area contributed by atoms with Gasteiger partial charge in [0.15, 0.2) is 0 Å². The Bertz CT molecular complexity index is 379. The van der Waals surface area contributed by atoms with E-state index in [1.54, 1.807) is 6.20 Å². The van der Waals surface area contributed by atoms with E-state index >= 15 is 0 Å². The average molecular weight is 279 g/mol. The van der Waals surface area contributed by atoms with E-state index in [-0.39, 0.29) is 18.7 Å². The molecule has 0 spiro atoms. The highest BCUT2D eigenvalue weighted by molar-refractivity contribution is 5.00. The predicted octanol–water partition coefficient (Wildman–Crippen LogP) is 2.31. The van der Waals surface area contributed by atoms with Crippen LogP contribution in [0.3, 0.4) is 0 Å². The van der Waals surface area contributed by atoms with Crippen molar-refractivity contribution in [3.8, 4) is 0 Å². The lowest BCUT2D eigenvalue weighted by Crippen LogP contribution is -2.36. The summed E-state index contributed by atoms with van der Waals surface area (Å²) in [5, 5.41) is 7.33. The van der Waals surface area contributed by atoms with Gasteiger partial charge in [0.1, 0.15) is 6.61 Å². The summed E-state index contributed by atoms with van der Waals surface area (Å²) in [6.45, 7) is 5.14. The molecule has 1 aromatic rings. The minimum absolute atomic E-state index is 0.0364. The van der Waals surface area contributed by atoms with Crippen molar-refractivity contribution in [1.29, 1.82) is 0 Å². The normalized spacial score (nSPS) is 15.5. The molecule has 110 valence electrons. The van der Waals surface area contributed by atoms with Crippen molar-refractivity contribution in [2.75, 3.05) is 19.8 Å². The fraction of sp³-hybridized carbons (Fsp3) is 0.750. The van der Waals surface area contributed by atoms with Crippen LogP contribution in [0, 0.1) is 6.92 Å². The summed E-state index contributed by atoms with van der Waals surface area (Å²) < 4.78 is 41.9. The van der Waals surface area contributed by atoms with E-state index in [0.717, 1.165) is 5.56 Å². The van der Waals surface area contributed by atoms with Crippen LogP contribution in [0.15, 0.2) is 12.4 Å². The molecule has 1 aromatic heterocycles. The minimum Gasteiger partial charge on any atom is -0.371 e. The number of halogens is 3. The number of nitrogens with zero attached hydrogens (tertiary/aromatic N) is 2. The van der Waals surface area contributed by atoms with Crippen molar-refractivity contribution in [1.82, 2.24) is 15.1 Å². The van der Waals surface area contributed by atoms with Crippen LogP contribution < -0.4 is 5.32 Å². The molecule has 0 aromatic carbocycles. The van der Waals surface area contributed by atoms with Gasteiger partial charge in [-0.2, -0.15) is 18.3 Å². The number of aromatic nitrogens is 2. The van der Waals surface area contributed by atoms with Crippen molar-refractivity contribution >= 4 is 0 Å². The first kappa shape index (κ1) is 16.0. The largest absolute Gasteiger partial charge is 0.411 e. The standard InChI is InChI=1S/C12H20F3N3O/c1-9-6-17-18(7-9)11(3)10(2)16-4-5-19-8-12(13,14)15/h6-7,10-11,16H,4-5,8H2,1-3H3/t10-,11+/m1/s1. The Balaban J connectivity index is 2.22.